The van der Waals surface area contributed by atoms with E-state index in [-0.39, 0.29) is 0 Å². The predicted molar refractivity (Wildman–Crippen MR) is 85.7 cm³/mol. The number of imidazole rings is 1. The van der Waals surface area contributed by atoms with Crippen LogP contribution in [0.3, 0.4) is 0 Å². The summed E-state index contributed by atoms with van der Waals surface area (Å²) in [5.74, 6) is 0.368. The molecule has 4 N–H and O–H groups in total. The molecule has 1 amide bonds. The Morgan fingerprint density at radius 2 is 2.09 bits per heavy atom. The molecule has 0 aliphatic rings. The van der Waals surface area contributed by atoms with Gasteiger partial charge in [-0.25, -0.2) is 10.5 Å². The third-order valence-electron chi connectivity index (χ3n) is 4.02. The van der Waals surface area contributed by atoms with Crippen molar-refractivity contribution in [2.45, 2.75) is 52.6 Å². The van der Waals surface area contributed by atoms with Crippen molar-refractivity contribution in [1.82, 2.24) is 15.0 Å². The number of aryl methyl sites for hydroxylation is 4. The van der Waals surface area contributed by atoms with Crippen LogP contribution in [0.5, 0.6) is 0 Å². The van der Waals surface area contributed by atoms with Crippen LogP contribution in [-0.2, 0) is 17.8 Å². The number of benzene rings is 1. The normalized spacial score (nSPS) is 12.6. The molecule has 0 aliphatic heterocycles. The van der Waals surface area contributed by atoms with Crippen molar-refractivity contribution < 1.29 is 10.0 Å². The first-order valence-corrected chi connectivity index (χ1v) is 7.63. The maximum absolute atomic E-state index is 11.3. The van der Waals surface area contributed by atoms with E-state index in [2.05, 4.69) is 37.5 Å². The number of rotatable bonds is 6. The SMILES string of the molecule is CCCn1c(CC[C@H](N)C(=O)NO)nc2cc(C)c(C)cc21. The summed E-state index contributed by atoms with van der Waals surface area (Å²) in [4.78, 5) is 16.0. The lowest BCUT2D eigenvalue weighted by Gasteiger charge is -2.11. The van der Waals surface area contributed by atoms with Crippen LogP contribution in [0.25, 0.3) is 11.0 Å². The lowest BCUT2D eigenvalue weighted by atomic mass is 10.1. The molecule has 0 radical (unpaired) electrons. The average molecular weight is 304 g/mol. The minimum Gasteiger partial charge on any atom is -0.328 e. The van der Waals surface area contributed by atoms with Gasteiger partial charge in [0.05, 0.1) is 17.1 Å². The topological polar surface area (TPSA) is 93.2 Å². The van der Waals surface area contributed by atoms with Gasteiger partial charge in [0.1, 0.15) is 5.82 Å². The number of amides is 1. The van der Waals surface area contributed by atoms with Crippen molar-refractivity contribution in [2.75, 3.05) is 0 Å². The summed E-state index contributed by atoms with van der Waals surface area (Å²) >= 11 is 0. The zero-order valence-electron chi connectivity index (χ0n) is 13.4. The molecule has 6 heteroatoms. The first-order chi connectivity index (χ1) is 10.5. The first kappa shape index (κ1) is 16.5. The smallest absolute Gasteiger partial charge is 0.260 e. The number of aromatic nitrogens is 2. The third kappa shape index (κ3) is 3.28. The van der Waals surface area contributed by atoms with Crippen molar-refractivity contribution in [3.05, 3.63) is 29.1 Å². The molecule has 0 saturated heterocycles. The zero-order valence-corrected chi connectivity index (χ0v) is 13.4. The Labute approximate surface area is 130 Å². The minimum atomic E-state index is -0.733. The van der Waals surface area contributed by atoms with E-state index in [1.165, 1.54) is 11.1 Å². The molecule has 0 saturated carbocycles. The molecule has 2 aromatic rings. The molecule has 1 heterocycles. The molecule has 0 fully saturated rings. The monoisotopic (exact) mass is 304 g/mol. The summed E-state index contributed by atoms with van der Waals surface area (Å²) in [5.41, 5.74) is 11.9. The van der Waals surface area contributed by atoms with Crippen molar-refractivity contribution >= 4 is 16.9 Å². The van der Waals surface area contributed by atoms with Crippen LogP contribution in [-0.4, -0.2) is 26.7 Å². The second kappa shape index (κ2) is 6.89. The van der Waals surface area contributed by atoms with Gasteiger partial charge in [0.15, 0.2) is 0 Å². The highest BCUT2D eigenvalue weighted by atomic mass is 16.5. The van der Waals surface area contributed by atoms with Crippen LogP contribution >= 0.6 is 0 Å². The Bertz CT molecular complexity index is 678. The van der Waals surface area contributed by atoms with Crippen LogP contribution in [0.1, 0.15) is 36.7 Å². The number of carbonyl (C=O) groups excluding carboxylic acids is 1. The second-order valence-corrected chi connectivity index (χ2v) is 5.73. The molecule has 6 nitrogen and oxygen atoms in total. The number of carbonyl (C=O) groups is 1. The summed E-state index contributed by atoms with van der Waals surface area (Å²) in [6, 6.07) is 3.53. The lowest BCUT2D eigenvalue weighted by molar-refractivity contribution is -0.130. The molecule has 2 rings (SSSR count). The molecule has 0 aliphatic carbocycles. The van der Waals surface area contributed by atoms with E-state index in [1.807, 2.05) is 0 Å². The van der Waals surface area contributed by atoms with Gasteiger partial charge in [-0.1, -0.05) is 6.92 Å². The van der Waals surface area contributed by atoms with E-state index in [9.17, 15) is 4.79 Å². The highest BCUT2D eigenvalue weighted by Gasteiger charge is 2.16. The Kier molecular flexibility index (Phi) is 5.15. The Balaban J connectivity index is 2.32. The molecule has 0 bridgehead atoms. The fourth-order valence-electron chi connectivity index (χ4n) is 2.59. The van der Waals surface area contributed by atoms with E-state index in [4.69, 9.17) is 15.9 Å². The van der Waals surface area contributed by atoms with Gasteiger partial charge in [-0.05, 0) is 49.9 Å². The zero-order chi connectivity index (χ0) is 16.3. The van der Waals surface area contributed by atoms with E-state index in [1.54, 1.807) is 5.48 Å². The summed E-state index contributed by atoms with van der Waals surface area (Å²) in [6.45, 7) is 7.19. The van der Waals surface area contributed by atoms with Crippen LogP contribution in [0.4, 0.5) is 0 Å². The third-order valence-corrected chi connectivity index (χ3v) is 4.02. The van der Waals surface area contributed by atoms with Gasteiger partial charge < -0.3 is 10.3 Å². The molecule has 1 aromatic carbocycles. The molecule has 120 valence electrons. The number of hydrogen-bond donors (Lipinski definition) is 3. The number of nitrogens with two attached hydrogens (primary N) is 1. The van der Waals surface area contributed by atoms with Crippen molar-refractivity contribution in [2.24, 2.45) is 5.73 Å². The maximum Gasteiger partial charge on any atom is 0.260 e. The highest BCUT2D eigenvalue weighted by Crippen LogP contribution is 2.22. The average Bonchev–Trinajstić information content (AvgIpc) is 2.82. The molecule has 22 heavy (non-hydrogen) atoms. The summed E-state index contributed by atoms with van der Waals surface area (Å²) < 4.78 is 2.20. The molecule has 1 atom stereocenters. The van der Waals surface area contributed by atoms with Crippen LogP contribution < -0.4 is 11.2 Å². The molecule has 0 spiro atoms. The number of nitrogens with zero attached hydrogens (tertiary/aromatic N) is 2. The molecule has 0 unspecified atom stereocenters. The van der Waals surface area contributed by atoms with Crippen molar-refractivity contribution in [3.8, 4) is 0 Å². The fourth-order valence-corrected chi connectivity index (χ4v) is 2.59. The quantitative estimate of drug-likeness (QED) is 0.560. The lowest BCUT2D eigenvalue weighted by Crippen LogP contribution is -2.39. The molecular formula is C16H24N4O2. The van der Waals surface area contributed by atoms with E-state index in [0.29, 0.717) is 12.8 Å². The Morgan fingerprint density at radius 3 is 2.73 bits per heavy atom. The van der Waals surface area contributed by atoms with Crippen molar-refractivity contribution in [3.63, 3.8) is 0 Å². The van der Waals surface area contributed by atoms with Gasteiger partial charge in [0.2, 0.25) is 0 Å². The minimum absolute atomic E-state index is 0.442. The second-order valence-electron chi connectivity index (χ2n) is 5.73. The first-order valence-electron chi connectivity index (χ1n) is 7.63. The molecule has 1 aromatic heterocycles. The summed E-state index contributed by atoms with van der Waals surface area (Å²) in [5, 5.41) is 8.62. The largest absolute Gasteiger partial charge is 0.328 e. The standard InChI is InChI=1S/C16H24N4O2/c1-4-7-20-14-9-11(3)10(2)8-13(14)18-15(20)6-5-12(17)16(21)19-22/h8-9,12,22H,4-7,17H2,1-3H3,(H,19,21)/t12-/m0/s1. The van der Waals surface area contributed by atoms with Gasteiger partial charge >= 0.3 is 0 Å². The Morgan fingerprint density at radius 1 is 1.41 bits per heavy atom. The summed E-state index contributed by atoms with van der Waals surface area (Å²) in [6.07, 6.45) is 2.05. The van der Waals surface area contributed by atoms with Crippen molar-refractivity contribution in [1.29, 1.82) is 0 Å². The van der Waals surface area contributed by atoms with Gasteiger partial charge in [-0.2, -0.15) is 0 Å². The molecular weight excluding hydrogens is 280 g/mol. The van der Waals surface area contributed by atoms with Crippen LogP contribution in [0, 0.1) is 13.8 Å². The predicted octanol–water partition coefficient (Wildman–Crippen LogP) is 1.83. The number of nitrogens with one attached hydrogen (secondary N) is 1. The van der Waals surface area contributed by atoms with Crippen LogP contribution in [0.15, 0.2) is 12.1 Å². The fraction of sp³-hybridized carbons (Fsp3) is 0.500. The number of hydrogen-bond acceptors (Lipinski definition) is 4. The van der Waals surface area contributed by atoms with E-state index < -0.39 is 11.9 Å². The number of fused-ring (bicyclic) bond motifs is 1. The Hall–Kier alpha value is -1.92. The highest BCUT2D eigenvalue weighted by molar-refractivity contribution is 5.80. The number of hydroxylamine groups is 1. The van der Waals surface area contributed by atoms with E-state index >= 15 is 0 Å². The van der Waals surface area contributed by atoms with Crippen LogP contribution in [0.2, 0.25) is 0 Å². The van der Waals surface area contributed by atoms with Gasteiger partial charge in [-0.3, -0.25) is 10.0 Å². The van der Waals surface area contributed by atoms with Gasteiger partial charge in [-0.15, -0.1) is 0 Å². The van der Waals surface area contributed by atoms with Gasteiger partial charge in [0.25, 0.3) is 5.91 Å². The van der Waals surface area contributed by atoms with Gasteiger partial charge in [0, 0.05) is 13.0 Å². The van der Waals surface area contributed by atoms with E-state index in [0.717, 1.165) is 29.8 Å². The maximum atomic E-state index is 11.3. The summed E-state index contributed by atoms with van der Waals surface area (Å²) in [7, 11) is 0.